The van der Waals surface area contributed by atoms with E-state index in [1.807, 2.05) is 12.1 Å². The third-order valence-corrected chi connectivity index (χ3v) is 3.76. The summed E-state index contributed by atoms with van der Waals surface area (Å²) >= 11 is 6.05. The van der Waals surface area contributed by atoms with Gasteiger partial charge in [-0.25, -0.2) is 0 Å². The number of benzene rings is 1. The van der Waals surface area contributed by atoms with Gasteiger partial charge in [-0.15, -0.1) is 0 Å². The van der Waals surface area contributed by atoms with E-state index in [9.17, 15) is 0 Å². The predicted molar refractivity (Wildman–Crippen MR) is 74.5 cm³/mol. The summed E-state index contributed by atoms with van der Waals surface area (Å²) < 4.78 is 5.81. The van der Waals surface area contributed by atoms with Crippen LogP contribution in [-0.2, 0) is 0 Å². The van der Waals surface area contributed by atoms with Gasteiger partial charge < -0.3 is 10.5 Å². The van der Waals surface area contributed by atoms with Crippen molar-refractivity contribution in [2.24, 2.45) is 11.7 Å². The molecule has 0 spiro atoms. The van der Waals surface area contributed by atoms with E-state index in [0.29, 0.717) is 28.9 Å². The summed E-state index contributed by atoms with van der Waals surface area (Å²) in [5, 5.41) is 8.03. The minimum atomic E-state index is -0.0424. The monoisotopic (exact) mass is 266 g/mol. The molecule has 0 aliphatic heterocycles. The molecule has 3 N–H and O–H groups in total. The zero-order valence-electron chi connectivity index (χ0n) is 10.4. The molecule has 0 aromatic heterocycles. The van der Waals surface area contributed by atoms with E-state index in [0.717, 1.165) is 0 Å². The molecule has 1 aliphatic rings. The van der Waals surface area contributed by atoms with Gasteiger partial charge in [-0.2, -0.15) is 0 Å². The maximum absolute atomic E-state index is 7.55. The van der Waals surface area contributed by atoms with Crippen LogP contribution in [0.5, 0.6) is 5.75 Å². The fourth-order valence-electron chi connectivity index (χ4n) is 2.45. The van der Waals surface area contributed by atoms with Crippen LogP contribution < -0.4 is 10.5 Å². The van der Waals surface area contributed by atoms with E-state index in [4.69, 9.17) is 27.5 Å². The Kier molecular flexibility index (Phi) is 4.48. The largest absolute Gasteiger partial charge is 0.492 e. The normalized spacial score (nSPS) is 16.5. The minimum Gasteiger partial charge on any atom is -0.492 e. The first-order valence-electron chi connectivity index (χ1n) is 6.44. The molecular weight excluding hydrogens is 248 g/mol. The second-order valence-electron chi connectivity index (χ2n) is 4.84. The summed E-state index contributed by atoms with van der Waals surface area (Å²) in [6, 6.07) is 5.38. The average Bonchev–Trinajstić information content (AvgIpc) is 2.37. The van der Waals surface area contributed by atoms with Crippen molar-refractivity contribution < 1.29 is 4.74 Å². The van der Waals surface area contributed by atoms with Gasteiger partial charge in [0.2, 0.25) is 0 Å². The van der Waals surface area contributed by atoms with Crippen molar-refractivity contribution in [3.8, 4) is 5.75 Å². The summed E-state index contributed by atoms with van der Waals surface area (Å²) in [4.78, 5) is 0. The lowest BCUT2D eigenvalue weighted by Gasteiger charge is -2.22. The highest BCUT2D eigenvalue weighted by atomic mass is 35.5. The molecule has 0 radical (unpaired) electrons. The Labute approximate surface area is 113 Å². The van der Waals surface area contributed by atoms with E-state index in [1.165, 1.54) is 32.1 Å². The molecule has 3 nitrogen and oxygen atoms in total. The Morgan fingerprint density at radius 3 is 2.72 bits per heavy atom. The first-order chi connectivity index (χ1) is 8.68. The van der Waals surface area contributed by atoms with Crippen LogP contribution in [0.4, 0.5) is 0 Å². The maximum atomic E-state index is 7.55. The second kappa shape index (κ2) is 6.10. The van der Waals surface area contributed by atoms with Crippen LogP contribution >= 0.6 is 11.6 Å². The van der Waals surface area contributed by atoms with E-state index >= 15 is 0 Å². The van der Waals surface area contributed by atoms with Gasteiger partial charge >= 0.3 is 0 Å². The van der Waals surface area contributed by atoms with Gasteiger partial charge in [-0.05, 0) is 30.9 Å². The highest BCUT2D eigenvalue weighted by Crippen LogP contribution is 2.28. The molecule has 1 saturated carbocycles. The van der Waals surface area contributed by atoms with E-state index < -0.39 is 0 Å². The van der Waals surface area contributed by atoms with Crippen LogP contribution in [0.15, 0.2) is 18.2 Å². The summed E-state index contributed by atoms with van der Waals surface area (Å²) in [5.74, 6) is 1.21. The molecule has 1 aliphatic carbocycles. The molecular formula is C14H19ClN2O. The first-order valence-corrected chi connectivity index (χ1v) is 6.82. The molecule has 1 aromatic carbocycles. The average molecular weight is 267 g/mol. The van der Waals surface area contributed by atoms with Crippen molar-refractivity contribution >= 4 is 17.4 Å². The molecule has 2 rings (SSSR count). The SMILES string of the molecule is N=C(N)c1c(Cl)cccc1OCC1CCCCC1. The number of nitrogens with one attached hydrogen (secondary N) is 1. The summed E-state index contributed by atoms with van der Waals surface area (Å²) in [5.41, 5.74) is 6.05. The number of hydrogen-bond donors (Lipinski definition) is 2. The molecule has 0 saturated heterocycles. The number of rotatable bonds is 4. The van der Waals surface area contributed by atoms with Gasteiger partial charge in [0, 0.05) is 0 Å². The van der Waals surface area contributed by atoms with Crippen molar-refractivity contribution in [1.29, 1.82) is 5.41 Å². The number of nitrogens with two attached hydrogens (primary N) is 1. The molecule has 0 bridgehead atoms. The molecule has 1 aromatic rings. The number of nitrogen functional groups attached to an aromatic ring is 1. The zero-order valence-corrected chi connectivity index (χ0v) is 11.2. The van der Waals surface area contributed by atoms with Crippen molar-refractivity contribution in [2.45, 2.75) is 32.1 Å². The standard InChI is InChI=1S/C14H19ClN2O/c15-11-7-4-8-12(13(11)14(16)17)18-9-10-5-2-1-3-6-10/h4,7-8,10H,1-3,5-6,9H2,(H3,16,17). The van der Waals surface area contributed by atoms with Gasteiger partial charge in [-0.3, -0.25) is 5.41 Å². The third kappa shape index (κ3) is 3.16. The van der Waals surface area contributed by atoms with Crippen LogP contribution in [0.2, 0.25) is 5.02 Å². The second-order valence-corrected chi connectivity index (χ2v) is 5.25. The van der Waals surface area contributed by atoms with Crippen molar-refractivity contribution in [1.82, 2.24) is 0 Å². The molecule has 0 heterocycles. The predicted octanol–water partition coefficient (Wildman–Crippen LogP) is 3.58. The van der Waals surface area contributed by atoms with E-state index in [1.54, 1.807) is 6.07 Å². The van der Waals surface area contributed by atoms with Crippen molar-refractivity contribution in [3.63, 3.8) is 0 Å². The molecule has 18 heavy (non-hydrogen) atoms. The molecule has 98 valence electrons. The Morgan fingerprint density at radius 1 is 1.33 bits per heavy atom. The third-order valence-electron chi connectivity index (χ3n) is 3.44. The van der Waals surface area contributed by atoms with Gasteiger partial charge in [-0.1, -0.05) is 36.9 Å². The smallest absolute Gasteiger partial charge is 0.131 e. The van der Waals surface area contributed by atoms with Gasteiger partial charge in [0.15, 0.2) is 0 Å². The molecule has 0 amide bonds. The highest BCUT2D eigenvalue weighted by Gasteiger charge is 2.16. The maximum Gasteiger partial charge on any atom is 0.131 e. The van der Waals surface area contributed by atoms with Crippen LogP contribution in [-0.4, -0.2) is 12.4 Å². The lowest BCUT2D eigenvalue weighted by atomic mass is 9.90. The topological polar surface area (TPSA) is 59.1 Å². The fourth-order valence-corrected chi connectivity index (χ4v) is 2.72. The Balaban J connectivity index is 2.04. The van der Waals surface area contributed by atoms with E-state index in [2.05, 4.69) is 0 Å². The van der Waals surface area contributed by atoms with Crippen LogP contribution in [0, 0.1) is 11.3 Å². The number of halogens is 1. The molecule has 1 fully saturated rings. The van der Waals surface area contributed by atoms with Gasteiger partial charge in [0.1, 0.15) is 11.6 Å². The summed E-state index contributed by atoms with van der Waals surface area (Å²) in [6.07, 6.45) is 6.39. The number of hydrogen-bond acceptors (Lipinski definition) is 2. The minimum absolute atomic E-state index is 0.0424. The number of amidine groups is 1. The Morgan fingerprint density at radius 2 is 2.06 bits per heavy atom. The summed E-state index contributed by atoms with van der Waals surface area (Å²) in [6.45, 7) is 0.695. The van der Waals surface area contributed by atoms with Crippen molar-refractivity contribution in [2.75, 3.05) is 6.61 Å². The lowest BCUT2D eigenvalue weighted by Crippen LogP contribution is -2.18. The van der Waals surface area contributed by atoms with E-state index in [-0.39, 0.29) is 5.84 Å². The highest BCUT2D eigenvalue weighted by molar-refractivity contribution is 6.34. The fraction of sp³-hybridized carbons (Fsp3) is 0.500. The molecule has 4 heteroatoms. The van der Waals surface area contributed by atoms with Crippen LogP contribution in [0.3, 0.4) is 0 Å². The Bertz CT molecular complexity index is 428. The van der Waals surface area contributed by atoms with Crippen molar-refractivity contribution in [3.05, 3.63) is 28.8 Å². The van der Waals surface area contributed by atoms with Crippen LogP contribution in [0.25, 0.3) is 0 Å². The zero-order chi connectivity index (χ0) is 13.0. The lowest BCUT2D eigenvalue weighted by molar-refractivity contribution is 0.208. The molecule has 0 atom stereocenters. The molecule has 0 unspecified atom stereocenters. The summed E-state index contributed by atoms with van der Waals surface area (Å²) in [7, 11) is 0. The van der Waals surface area contributed by atoms with Gasteiger partial charge in [0.25, 0.3) is 0 Å². The van der Waals surface area contributed by atoms with Crippen LogP contribution in [0.1, 0.15) is 37.7 Å². The Hall–Kier alpha value is -1.22. The number of ether oxygens (including phenoxy) is 1. The first kappa shape index (κ1) is 13.2. The van der Waals surface area contributed by atoms with Gasteiger partial charge in [0.05, 0.1) is 17.2 Å². The quantitative estimate of drug-likeness (QED) is 0.646.